The first-order valence-electron chi connectivity index (χ1n) is 10.9. The summed E-state index contributed by atoms with van der Waals surface area (Å²) in [6.45, 7) is 13.4. The van der Waals surface area contributed by atoms with Crippen LogP contribution in [0.3, 0.4) is 0 Å². The van der Waals surface area contributed by atoms with Crippen molar-refractivity contribution in [3.8, 4) is 5.75 Å². The summed E-state index contributed by atoms with van der Waals surface area (Å²) in [7, 11) is 2.14. The minimum Gasteiger partial charge on any atom is -0.496 e. The molecule has 0 N–H and O–H groups in total. The molecule has 29 heavy (non-hydrogen) atoms. The van der Waals surface area contributed by atoms with Crippen molar-refractivity contribution in [2.75, 3.05) is 7.11 Å². The number of benzene rings is 2. The summed E-state index contributed by atoms with van der Waals surface area (Å²) in [5, 5.41) is 0.709. The summed E-state index contributed by atoms with van der Waals surface area (Å²) in [6, 6.07) is 11.9. The van der Waals surface area contributed by atoms with Gasteiger partial charge in [-0.15, -0.1) is 0 Å². The second kappa shape index (κ2) is 10.1. The van der Waals surface area contributed by atoms with Crippen LogP contribution in [0.5, 0.6) is 5.75 Å². The first kappa shape index (κ1) is 23.9. The molecule has 3 heteroatoms. The van der Waals surface area contributed by atoms with Gasteiger partial charge in [0.1, 0.15) is 11.6 Å². The number of methoxy groups -OCH3 is 1. The van der Waals surface area contributed by atoms with Gasteiger partial charge < -0.3 is 4.74 Å². The standard InChI is InChI=1S/C26H38FOP/c1-8-10-13-16-26(9-2,29-23-15-12-11-14-22(23)27)21-18-20(25(4,5)6)17-19(3)24(21)28-7/h11-12,14-15,17-18,29H,8-10,13,16H2,1-7H3. The molecule has 2 aromatic rings. The molecule has 2 atom stereocenters. The SMILES string of the molecule is CCCCCC(CC)(Pc1ccccc1F)c1cc(C(C)(C)C)cc(C)c1OC. The van der Waals surface area contributed by atoms with Gasteiger partial charge in [-0.25, -0.2) is 4.39 Å². The lowest BCUT2D eigenvalue weighted by molar-refractivity contribution is 0.390. The largest absolute Gasteiger partial charge is 0.496 e. The quantitative estimate of drug-likeness (QED) is 0.302. The van der Waals surface area contributed by atoms with E-state index in [1.54, 1.807) is 19.2 Å². The van der Waals surface area contributed by atoms with Crippen LogP contribution < -0.4 is 10.0 Å². The van der Waals surface area contributed by atoms with Gasteiger partial charge in [0.25, 0.3) is 0 Å². The molecule has 0 aromatic heterocycles. The van der Waals surface area contributed by atoms with Gasteiger partial charge in [0.05, 0.1) is 7.11 Å². The number of aryl methyl sites for hydroxylation is 1. The Balaban J connectivity index is 2.69. The number of hydrogen-bond acceptors (Lipinski definition) is 1. The Labute approximate surface area is 179 Å². The van der Waals surface area contributed by atoms with E-state index in [0.29, 0.717) is 8.58 Å². The van der Waals surface area contributed by atoms with Crippen LogP contribution in [0.4, 0.5) is 4.39 Å². The number of hydrogen-bond donors (Lipinski definition) is 0. The van der Waals surface area contributed by atoms with Crippen molar-refractivity contribution >= 4 is 13.9 Å². The Morgan fingerprint density at radius 3 is 2.28 bits per heavy atom. The third-order valence-electron chi connectivity index (χ3n) is 5.92. The highest BCUT2D eigenvalue weighted by Gasteiger charge is 2.35. The molecule has 0 radical (unpaired) electrons. The molecular weight excluding hydrogens is 378 g/mol. The number of unbranched alkanes of at least 4 members (excludes halogenated alkanes) is 2. The minimum absolute atomic E-state index is 0.0514. The van der Waals surface area contributed by atoms with Gasteiger partial charge in [-0.05, 0) is 42.4 Å². The summed E-state index contributed by atoms with van der Waals surface area (Å²) in [5.41, 5.74) is 3.79. The molecule has 0 saturated heterocycles. The van der Waals surface area contributed by atoms with Crippen LogP contribution in [0.25, 0.3) is 0 Å². The Kier molecular flexibility index (Phi) is 8.29. The van der Waals surface area contributed by atoms with Crippen molar-refractivity contribution in [2.45, 2.75) is 84.2 Å². The number of halogens is 1. The van der Waals surface area contributed by atoms with Crippen molar-refractivity contribution < 1.29 is 9.13 Å². The molecule has 2 unspecified atom stereocenters. The topological polar surface area (TPSA) is 9.23 Å². The minimum atomic E-state index is -0.116. The van der Waals surface area contributed by atoms with Crippen LogP contribution in [-0.2, 0) is 10.6 Å². The third kappa shape index (κ3) is 5.60. The maximum absolute atomic E-state index is 14.7. The number of rotatable bonds is 9. The Morgan fingerprint density at radius 2 is 1.72 bits per heavy atom. The Bertz CT molecular complexity index is 809. The molecule has 0 fully saturated rings. The molecule has 160 valence electrons. The van der Waals surface area contributed by atoms with E-state index in [9.17, 15) is 4.39 Å². The molecule has 2 rings (SSSR count). The summed E-state index contributed by atoms with van der Waals surface area (Å²) in [6.07, 6.45) is 5.54. The van der Waals surface area contributed by atoms with E-state index >= 15 is 0 Å². The molecule has 0 saturated carbocycles. The monoisotopic (exact) mass is 416 g/mol. The van der Waals surface area contributed by atoms with Crippen LogP contribution >= 0.6 is 8.58 Å². The van der Waals surface area contributed by atoms with Crippen LogP contribution in [0.2, 0.25) is 0 Å². The van der Waals surface area contributed by atoms with Gasteiger partial charge in [0.2, 0.25) is 0 Å². The highest BCUT2D eigenvalue weighted by atomic mass is 31.1. The van der Waals surface area contributed by atoms with Crippen LogP contribution in [-0.4, -0.2) is 7.11 Å². The van der Waals surface area contributed by atoms with Gasteiger partial charge in [0, 0.05) is 16.0 Å². The van der Waals surface area contributed by atoms with E-state index in [1.165, 1.54) is 29.5 Å². The fourth-order valence-corrected chi connectivity index (χ4v) is 5.75. The van der Waals surface area contributed by atoms with Crippen molar-refractivity contribution in [1.82, 2.24) is 0 Å². The van der Waals surface area contributed by atoms with Crippen molar-refractivity contribution in [3.05, 3.63) is 58.9 Å². The van der Waals surface area contributed by atoms with Gasteiger partial charge in [-0.3, -0.25) is 0 Å². The van der Waals surface area contributed by atoms with Gasteiger partial charge in [0.15, 0.2) is 0 Å². The average molecular weight is 417 g/mol. The second-order valence-corrected chi connectivity index (χ2v) is 10.9. The van der Waals surface area contributed by atoms with E-state index in [-0.39, 0.29) is 16.4 Å². The molecule has 0 aliphatic rings. The molecule has 0 heterocycles. The molecule has 0 spiro atoms. The molecule has 1 nitrogen and oxygen atoms in total. The summed E-state index contributed by atoms with van der Waals surface area (Å²) >= 11 is 0. The second-order valence-electron chi connectivity index (χ2n) is 9.12. The van der Waals surface area contributed by atoms with Crippen LogP contribution in [0.1, 0.15) is 83.4 Å². The average Bonchev–Trinajstić information content (AvgIpc) is 2.67. The summed E-state index contributed by atoms with van der Waals surface area (Å²) in [5.74, 6) is 0.877. The first-order valence-corrected chi connectivity index (χ1v) is 11.9. The lowest BCUT2D eigenvalue weighted by atomic mass is 9.80. The zero-order chi connectivity index (χ0) is 21.7. The van der Waals surface area contributed by atoms with E-state index in [1.807, 2.05) is 12.1 Å². The zero-order valence-electron chi connectivity index (χ0n) is 19.3. The van der Waals surface area contributed by atoms with Gasteiger partial charge in [-0.2, -0.15) is 0 Å². The van der Waals surface area contributed by atoms with Crippen molar-refractivity contribution in [1.29, 1.82) is 0 Å². The molecule has 0 aliphatic heterocycles. The molecule has 0 bridgehead atoms. The van der Waals surface area contributed by atoms with Crippen LogP contribution in [0.15, 0.2) is 36.4 Å². The van der Waals surface area contributed by atoms with E-state index < -0.39 is 0 Å². The lowest BCUT2D eigenvalue weighted by Gasteiger charge is -2.37. The van der Waals surface area contributed by atoms with Gasteiger partial charge >= 0.3 is 0 Å². The Hall–Kier alpha value is -1.40. The molecule has 0 amide bonds. The van der Waals surface area contributed by atoms with E-state index in [0.717, 1.165) is 30.3 Å². The molecule has 2 aromatic carbocycles. The highest BCUT2D eigenvalue weighted by molar-refractivity contribution is 7.48. The predicted molar refractivity (Wildman–Crippen MR) is 127 cm³/mol. The third-order valence-corrected chi connectivity index (χ3v) is 7.95. The summed E-state index contributed by atoms with van der Waals surface area (Å²) in [4.78, 5) is 0. The maximum atomic E-state index is 14.7. The predicted octanol–water partition coefficient (Wildman–Crippen LogP) is 7.63. The van der Waals surface area contributed by atoms with Crippen molar-refractivity contribution in [2.24, 2.45) is 0 Å². The first-order chi connectivity index (χ1) is 13.7. The zero-order valence-corrected chi connectivity index (χ0v) is 20.3. The normalized spacial score (nSPS) is 14.3. The Morgan fingerprint density at radius 1 is 1.03 bits per heavy atom. The smallest absolute Gasteiger partial charge is 0.130 e. The van der Waals surface area contributed by atoms with E-state index in [2.05, 4.69) is 53.7 Å². The lowest BCUT2D eigenvalue weighted by Crippen LogP contribution is -2.26. The van der Waals surface area contributed by atoms with E-state index in [4.69, 9.17) is 4.74 Å². The summed E-state index contributed by atoms with van der Waals surface area (Å²) < 4.78 is 20.6. The highest BCUT2D eigenvalue weighted by Crippen LogP contribution is 2.52. The maximum Gasteiger partial charge on any atom is 0.130 e. The number of ether oxygens (including phenoxy) is 1. The molecular formula is C26H38FOP. The molecule has 0 aliphatic carbocycles. The fraction of sp³-hybridized carbons (Fsp3) is 0.538. The van der Waals surface area contributed by atoms with Gasteiger partial charge in [-0.1, -0.05) is 92.8 Å². The van der Waals surface area contributed by atoms with Crippen LogP contribution in [0, 0.1) is 12.7 Å². The fourth-order valence-electron chi connectivity index (χ4n) is 4.05. The van der Waals surface area contributed by atoms with Crippen molar-refractivity contribution in [3.63, 3.8) is 0 Å².